The second-order valence-electron chi connectivity index (χ2n) is 2.60. The van der Waals surface area contributed by atoms with E-state index in [4.69, 9.17) is 16.3 Å². The maximum absolute atomic E-state index is 5.97. The Bertz CT molecular complexity index is 428. The number of hydrogen-bond acceptors (Lipinski definition) is 4. The van der Waals surface area contributed by atoms with Crippen LogP contribution in [-0.4, -0.2) is 17.3 Å². The molecule has 2 rings (SSSR count). The summed E-state index contributed by atoms with van der Waals surface area (Å²) in [7, 11) is 1.59. The summed E-state index contributed by atoms with van der Waals surface area (Å²) in [6.07, 6.45) is 1.26. The van der Waals surface area contributed by atoms with Crippen molar-refractivity contribution >= 4 is 11.6 Å². The van der Waals surface area contributed by atoms with E-state index in [1.807, 2.05) is 0 Å². The minimum atomic E-state index is 0.453. The van der Waals surface area contributed by atoms with Crippen molar-refractivity contribution < 1.29 is 9.26 Å². The van der Waals surface area contributed by atoms with E-state index in [9.17, 15) is 0 Å². The molecule has 2 aromatic rings. The van der Waals surface area contributed by atoms with Gasteiger partial charge < -0.3 is 9.26 Å². The summed E-state index contributed by atoms with van der Waals surface area (Å²) >= 11 is 5.97. The highest BCUT2D eigenvalue weighted by Gasteiger charge is 2.08. The first-order valence-corrected chi connectivity index (χ1v) is 4.29. The summed E-state index contributed by atoms with van der Waals surface area (Å²) in [6, 6.07) is 5.26. The van der Waals surface area contributed by atoms with E-state index in [1.165, 1.54) is 6.39 Å². The number of nitrogens with zero attached hydrogens (tertiary/aromatic N) is 2. The standard InChI is InChI=1S/C9H7ClN2O2/c1-13-6-2-3-8(10)7(4-6)9-11-5-14-12-9/h2-5H,1H3. The molecule has 0 N–H and O–H groups in total. The summed E-state index contributed by atoms with van der Waals surface area (Å²) in [5.41, 5.74) is 0.694. The first-order valence-electron chi connectivity index (χ1n) is 3.91. The zero-order valence-corrected chi connectivity index (χ0v) is 8.15. The molecule has 4 nitrogen and oxygen atoms in total. The first-order chi connectivity index (χ1) is 6.81. The van der Waals surface area contributed by atoms with E-state index in [-0.39, 0.29) is 0 Å². The van der Waals surface area contributed by atoms with Crippen LogP contribution in [0.1, 0.15) is 0 Å². The minimum absolute atomic E-state index is 0.453. The van der Waals surface area contributed by atoms with E-state index in [1.54, 1.807) is 25.3 Å². The molecule has 0 unspecified atom stereocenters. The van der Waals surface area contributed by atoms with Crippen LogP contribution in [0.25, 0.3) is 11.4 Å². The number of methoxy groups -OCH3 is 1. The van der Waals surface area contributed by atoms with Crippen molar-refractivity contribution in [3.8, 4) is 17.1 Å². The van der Waals surface area contributed by atoms with Crippen molar-refractivity contribution in [2.45, 2.75) is 0 Å². The number of rotatable bonds is 2. The molecule has 0 aliphatic carbocycles. The van der Waals surface area contributed by atoms with Gasteiger partial charge in [0.1, 0.15) is 5.75 Å². The number of hydrogen-bond donors (Lipinski definition) is 0. The van der Waals surface area contributed by atoms with E-state index in [0.717, 1.165) is 0 Å². The normalized spacial score (nSPS) is 10.1. The van der Waals surface area contributed by atoms with Crippen LogP contribution >= 0.6 is 11.6 Å². The van der Waals surface area contributed by atoms with Crippen molar-refractivity contribution in [3.63, 3.8) is 0 Å². The van der Waals surface area contributed by atoms with Crippen LogP contribution in [0, 0.1) is 0 Å². The van der Waals surface area contributed by atoms with Gasteiger partial charge in [0.05, 0.1) is 12.1 Å². The largest absolute Gasteiger partial charge is 0.497 e. The number of aromatic nitrogens is 2. The lowest BCUT2D eigenvalue weighted by Crippen LogP contribution is -1.86. The maximum Gasteiger partial charge on any atom is 0.214 e. The van der Waals surface area contributed by atoms with Crippen molar-refractivity contribution in [1.82, 2.24) is 10.1 Å². The SMILES string of the molecule is COc1ccc(Cl)c(-c2ncon2)c1. The summed E-state index contributed by atoms with van der Waals surface area (Å²) < 4.78 is 9.70. The Balaban J connectivity index is 2.51. The van der Waals surface area contributed by atoms with E-state index < -0.39 is 0 Å². The number of benzene rings is 1. The molecule has 0 saturated carbocycles. The van der Waals surface area contributed by atoms with E-state index in [2.05, 4.69) is 14.7 Å². The van der Waals surface area contributed by atoms with Gasteiger partial charge in [0.2, 0.25) is 12.2 Å². The Hall–Kier alpha value is -1.55. The predicted molar refractivity (Wildman–Crippen MR) is 51.3 cm³/mol. The molecule has 0 aliphatic rings. The van der Waals surface area contributed by atoms with Gasteiger partial charge in [-0.1, -0.05) is 16.8 Å². The van der Waals surface area contributed by atoms with Gasteiger partial charge in [0, 0.05) is 5.56 Å². The molecule has 0 bridgehead atoms. The van der Waals surface area contributed by atoms with Gasteiger partial charge in [-0.15, -0.1) is 0 Å². The molecule has 0 aliphatic heterocycles. The summed E-state index contributed by atoms with van der Waals surface area (Å²) in [5.74, 6) is 1.16. The molecule has 5 heteroatoms. The Morgan fingerprint density at radius 2 is 2.29 bits per heavy atom. The Morgan fingerprint density at radius 3 is 2.93 bits per heavy atom. The second-order valence-corrected chi connectivity index (χ2v) is 3.01. The Kier molecular flexibility index (Phi) is 2.37. The van der Waals surface area contributed by atoms with Gasteiger partial charge in [-0.3, -0.25) is 0 Å². The van der Waals surface area contributed by atoms with Crippen LogP contribution in [0.2, 0.25) is 5.02 Å². The highest BCUT2D eigenvalue weighted by Crippen LogP contribution is 2.28. The van der Waals surface area contributed by atoms with Gasteiger partial charge >= 0.3 is 0 Å². The smallest absolute Gasteiger partial charge is 0.214 e. The average molecular weight is 211 g/mol. The van der Waals surface area contributed by atoms with Gasteiger partial charge in [-0.05, 0) is 18.2 Å². The summed E-state index contributed by atoms with van der Waals surface area (Å²) in [6.45, 7) is 0. The predicted octanol–water partition coefficient (Wildman–Crippen LogP) is 2.40. The molecule has 0 spiro atoms. The molecule has 0 fully saturated rings. The fourth-order valence-electron chi connectivity index (χ4n) is 1.09. The third kappa shape index (κ3) is 1.56. The van der Waals surface area contributed by atoms with Crippen LogP contribution in [0.15, 0.2) is 29.1 Å². The second kappa shape index (κ2) is 3.67. The highest BCUT2D eigenvalue weighted by atomic mass is 35.5. The van der Waals surface area contributed by atoms with Crippen LogP contribution in [0.3, 0.4) is 0 Å². The molecule has 0 amide bonds. The average Bonchev–Trinajstić information content (AvgIpc) is 2.71. The van der Waals surface area contributed by atoms with E-state index >= 15 is 0 Å². The lowest BCUT2D eigenvalue weighted by atomic mass is 10.2. The Morgan fingerprint density at radius 1 is 1.43 bits per heavy atom. The van der Waals surface area contributed by atoms with Crippen molar-refractivity contribution in [2.24, 2.45) is 0 Å². The van der Waals surface area contributed by atoms with Gasteiger partial charge in [-0.2, -0.15) is 4.98 Å². The zero-order valence-electron chi connectivity index (χ0n) is 7.40. The summed E-state index contributed by atoms with van der Waals surface area (Å²) in [4.78, 5) is 3.90. The molecule has 0 radical (unpaired) electrons. The van der Waals surface area contributed by atoms with Crippen LogP contribution in [-0.2, 0) is 0 Å². The van der Waals surface area contributed by atoms with Gasteiger partial charge in [0.15, 0.2) is 0 Å². The fraction of sp³-hybridized carbons (Fsp3) is 0.111. The van der Waals surface area contributed by atoms with Crippen LogP contribution in [0.4, 0.5) is 0 Å². The van der Waals surface area contributed by atoms with Crippen LogP contribution < -0.4 is 4.74 Å². The van der Waals surface area contributed by atoms with Gasteiger partial charge in [-0.25, -0.2) is 0 Å². The molecule has 1 aromatic heterocycles. The molecule has 1 heterocycles. The number of halogens is 1. The fourth-order valence-corrected chi connectivity index (χ4v) is 1.29. The van der Waals surface area contributed by atoms with Gasteiger partial charge in [0.25, 0.3) is 0 Å². The molecular weight excluding hydrogens is 204 g/mol. The highest BCUT2D eigenvalue weighted by molar-refractivity contribution is 6.33. The zero-order chi connectivity index (χ0) is 9.97. The van der Waals surface area contributed by atoms with Crippen LogP contribution in [0.5, 0.6) is 5.75 Å². The Labute approximate surface area is 85.5 Å². The molecular formula is C9H7ClN2O2. The first kappa shape index (κ1) is 9.02. The lowest BCUT2D eigenvalue weighted by molar-refractivity contribution is 0.414. The monoisotopic (exact) mass is 210 g/mol. The van der Waals surface area contributed by atoms with Crippen molar-refractivity contribution in [2.75, 3.05) is 7.11 Å². The molecule has 1 aromatic carbocycles. The lowest BCUT2D eigenvalue weighted by Gasteiger charge is -2.02. The minimum Gasteiger partial charge on any atom is -0.497 e. The number of ether oxygens (including phenoxy) is 1. The third-order valence-corrected chi connectivity index (χ3v) is 2.11. The summed E-state index contributed by atoms with van der Waals surface area (Å²) in [5, 5.41) is 4.26. The molecule has 0 atom stereocenters. The quantitative estimate of drug-likeness (QED) is 0.764. The third-order valence-electron chi connectivity index (χ3n) is 1.78. The topological polar surface area (TPSA) is 48.2 Å². The molecule has 72 valence electrons. The van der Waals surface area contributed by atoms with Crippen molar-refractivity contribution in [1.29, 1.82) is 0 Å². The molecule has 14 heavy (non-hydrogen) atoms. The maximum atomic E-state index is 5.97. The van der Waals surface area contributed by atoms with E-state index in [0.29, 0.717) is 22.2 Å². The van der Waals surface area contributed by atoms with Crippen molar-refractivity contribution in [3.05, 3.63) is 29.6 Å². The molecule has 0 saturated heterocycles.